The van der Waals surface area contributed by atoms with E-state index >= 15 is 0 Å². The normalized spacial score (nSPS) is 16.7. The summed E-state index contributed by atoms with van der Waals surface area (Å²) in [6.07, 6.45) is 2.97. The van der Waals surface area contributed by atoms with Crippen LogP contribution in [-0.4, -0.2) is 30.9 Å². The van der Waals surface area contributed by atoms with Gasteiger partial charge in [-0.15, -0.1) is 0 Å². The van der Waals surface area contributed by atoms with Crippen molar-refractivity contribution in [3.8, 4) is 0 Å². The molecule has 5 heteroatoms. The highest BCUT2D eigenvalue weighted by atomic mass is 32.2. The predicted octanol–water partition coefficient (Wildman–Crippen LogP) is 1.97. The summed E-state index contributed by atoms with van der Waals surface area (Å²) in [5.41, 5.74) is 2.30. The zero-order valence-electron chi connectivity index (χ0n) is 11.7. The van der Waals surface area contributed by atoms with Gasteiger partial charge in [0.25, 0.3) is 0 Å². The number of sulfonamides is 1. The quantitative estimate of drug-likeness (QED) is 0.919. The van der Waals surface area contributed by atoms with Crippen molar-refractivity contribution in [3.63, 3.8) is 0 Å². The lowest BCUT2D eigenvalue weighted by molar-refractivity contribution is 0.249. The van der Waals surface area contributed by atoms with Gasteiger partial charge in [-0.1, -0.05) is 12.5 Å². The first kappa shape index (κ1) is 14.5. The standard InChI is InChI=1S/C14H21NO3S/c1-10-7-12(9-16)8-14(11(10)2)19(17,18)15(3)13-5-4-6-13/h7-8,13,16H,4-6,9H2,1-3H3. The van der Waals surface area contributed by atoms with E-state index in [2.05, 4.69) is 0 Å². The highest BCUT2D eigenvalue weighted by molar-refractivity contribution is 7.89. The van der Waals surface area contributed by atoms with Crippen LogP contribution in [-0.2, 0) is 16.6 Å². The fraction of sp³-hybridized carbons (Fsp3) is 0.571. The molecule has 0 atom stereocenters. The van der Waals surface area contributed by atoms with Gasteiger partial charge in [0.1, 0.15) is 0 Å². The van der Waals surface area contributed by atoms with Crippen LogP contribution in [0.25, 0.3) is 0 Å². The number of nitrogens with zero attached hydrogens (tertiary/aromatic N) is 1. The molecule has 1 N–H and O–H groups in total. The number of hydrogen-bond donors (Lipinski definition) is 1. The summed E-state index contributed by atoms with van der Waals surface area (Å²) >= 11 is 0. The first-order chi connectivity index (χ1) is 8.87. The lowest BCUT2D eigenvalue weighted by atomic mass is 9.94. The van der Waals surface area contributed by atoms with Crippen LogP contribution in [0.1, 0.15) is 36.0 Å². The Hall–Kier alpha value is -0.910. The van der Waals surface area contributed by atoms with Gasteiger partial charge in [-0.3, -0.25) is 0 Å². The molecule has 0 radical (unpaired) electrons. The molecule has 0 heterocycles. The fourth-order valence-electron chi connectivity index (χ4n) is 2.36. The van der Waals surface area contributed by atoms with Crippen molar-refractivity contribution in [2.24, 2.45) is 0 Å². The maximum atomic E-state index is 12.7. The summed E-state index contributed by atoms with van der Waals surface area (Å²) < 4.78 is 26.8. The molecule has 1 aromatic rings. The summed E-state index contributed by atoms with van der Waals surface area (Å²) in [5.74, 6) is 0. The Morgan fingerprint density at radius 3 is 2.42 bits per heavy atom. The SMILES string of the molecule is Cc1cc(CO)cc(S(=O)(=O)N(C)C2CCC2)c1C. The van der Waals surface area contributed by atoms with Gasteiger partial charge in [0.05, 0.1) is 11.5 Å². The Morgan fingerprint density at radius 2 is 1.95 bits per heavy atom. The lowest BCUT2D eigenvalue weighted by Crippen LogP contribution is -2.41. The monoisotopic (exact) mass is 283 g/mol. The minimum atomic E-state index is -3.46. The molecule has 0 aliphatic heterocycles. The van der Waals surface area contributed by atoms with Crippen LogP contribution in [0.2, 0.25) is 0 Å². The van der Waals surface area contributed by atoms with Crippen molar-refractivity contribution >= 4 is 10.0 Å². The minimum absolute atomic E-state index is 0.127. The van der Waals surface area contributed by atoms with Crippen molar-refractivity contribution in [1.29, 1.82) is 0 Å². The van der Waals surface area contributed by atoms with Crippen molar-refractivity contribution in [3.05, 3.63) is 28.8 Å². The smallest absolute Gasteiger partial charge is 0.243 e. The van der Waals surface area contributed by atoms with E-state index in [1.165, 1.54) is 4.31 Å². The van der Waals surface area contributed by atoms with Gasteiger partial charge in [0.2, 0.25) is 10.0 Å². The molecule has 0 saturated heterocycles. The van der Waals surface area contributed by atoms with Crippen LogP contribution >= 0.6 is 0 Å². The van der Waals surface area contributed by atoms with Gasteiger partial charge in [-0.25, -0.2) is 8.42 Å². The number of aliphatic hydroxyl groups excluding tert-OH is 1. The number of aliphatic hydroxyl groups is 1. The third-order valence-corrected chi connectivity index (χ3v) is 6.14. The second kappa shape index (κ2) is 5.23. The number of hydrogen-bond acceptors (Lipinski definition) is 3. The van der Waals surface area contributed by atoms with Gasteiger partial charge < -0.3 is 5.11 Å². The molecule has 19 heavy (non-hydrogen) atoms. The van der Waals surface area contributed by atoms with Crippen LogP contribution in [0, 0.1) is 13.8 Å². The Kier molecular flexibility index (Phi) is 3.99. The molecule has 0 spiro atoms. The van der Waals surface area contributed by atoms with Crippen molar-refractivity contribution in [2.75, 3.05) is 7.05 Å². The van der Waals surface area contributed by atoms with Crippen LogP contribution < -0.4 is 0 Å². The van der Waals surface area contributed by atoms with E-state index in [4.69, 9.17) is 0 Å². The average molecular weight is 283 g/mol. The lowest BCUT2D eigenvalue weighted by Gasteiger charge is -2.34. The van der Waals surface area contributed by atoms with Gasteiger partial charge >= 0.3 is 0 Å². The molecule has 0 amide bonds. The number of rotatable bonds is 4. The molecule has 1 aliphatic rings. The van der Waals surface area contributed by atoms with E-state index in [9.17, 15) is 13.5 Å². The molecule has 0 aromatic heterocycles. The Balaban J connectivity index is 2.47. The first-order valence-corrected chi connectivity index (χ1v) is 8.01. The van der Waals surface area contributed by atoms with Crippen molar-refractivity contribution < 1.29 is 13.5 Å². The maximum Gasteiger partial charge on any atom is 0.243 e. The number of benzene rings is 1. The molecule has 4 nitrogen and oxygen atoms in total. The molecule has 0 bridgehead atoms. The Bertz CT molecular complexity index is 577. The molecule has 0 unspecified atom stereocenters. The Labute approximate surface area is 115 Å². The van der Waals surface area contributed by atoms with Crippen LogP contribution in [0.4, 0.5) is 0 Å². The van der Waals surface area contributed by atoms with Crippen LogP contribution in [0.3, 0.4) is 0 Å². The molecule has 1 aliphatic carbocycles. The molecular formula is C14H21NO3S. The van der Waals surface area contributed by atoms with Crippen LogP contribution in [0.5, 0.6) is 0 Å². The fourth-order valence-corrected chi connectivity index (χ4v) is 4.12. The van der Waals surface area contributed by atoms with E-state index in [1.54, 1.807) is 13.1 Å². The van der Waals surface area contributed by atoms with E-state index in [-0.39, 0.29) is 12.6 Å². The zero-order chi connectivity index (χ0) is 14.2. The van der Waals surface area contributed by atoms with E-state index in [0.717, 1.165) is 30.4 Å². The van der Waals surface area contributed by atoms with Crippen molar-refractivity contribution in [2.45, 2.75) is 50.7 Å². The summed E-state index contributed by atoms with van der Waals surface area (Å²) in [5, 5.41) is 9.24. The minimum Gasteiger partial charge on any atom is -0.392 e. The van der Waals surface area contributed by atoms with Crippen LogP contribution in [0.15, 0.2) is 17.0 Å². The van der Waals surface area contributed by atoms with Gasteiger partial charge in [0, 0.05) is 13.1 Å². The topological polar surface area (TPSA) is 57.6 Å². The zero-order valence-corrected chi connectivity index (χ0v) is 12.5. The van der Waals surface area contributed by atoms with E-state index in [0.29, 0.717) is 10.5 Å². The predicted molar refractivity (Wildman–Crippen MR) is 74.4 cm³/mol. The Morgan fingerprint density at radius 1 is 1.32 bits per heavy atom. The molecular weight excluding hydrogens is 262 g/mol. The molecule has 1 fully saturated rings. The van der Waals surface area contributed by atoms with Gasteiger partial charge in [-0.2, -0.15) is 4.31 Å². The summed E-state index contributed by atoms with van der Waals surface area (Å²) in [6, 6.07) is 3.55. The molecule has 2 rings (SSSR count). The second-order valence-electron chi connectivity index (χ2n) is 5.30. The average Bonchev–Trinajstić information content (AvgIpc) is 2.29. The highest BCUT2D eigenvalue weighted by Crippen LogP contribution is 2.30. The second-order valence-corrected chi connectivity index (χ2v) is 7.27. The number of aryl methyl sites for hydroxylation is 1. The highest BCUT2D eigenvalue weighted by Gasteiger charge is 2.32. The summed E-state index contributed by atoms with van der Waals surface area (Å²) in [4.78, 5) is 0.325. The maximum absolute atomic E-state index is 12.7. The molecule has 1 saturated carbocycles. The third-order valence-electron chi connectivity index (χ3n) is 4.11. The molecule has 106 valence electrons. The van der Waals surface area contributed by atoms with Gasteiger partial charge in [-0.05, 0) is 49.4 Å². The van der Waals surface area contributed by atoms with E-state index in [1.807, 2.05) is 19.9 Å². The summed E-state index contributed by atoms with van der Waals surface area (Å²) in [6.45, 7) is 3.55. The van der Waals surface area contributed by atoms with Crippen molar-refractivity contribution in [1.82, 2.24) is 4.31 Å². The third kappa shape index (κ3) is 2.55. The first-order valence-electron chi connectivity index (χ1n) is 6.57. The van der Waals surface area contributed by atoms with Gasteiger partial charge in [0.15, 0.2) is 0 Å². The summed E-state index contributed by atoms with van der Waals surface area (Å²) in [7, 11) is -1.81. The largest absolute Gasteiger partial charge is 0.392 e. The molecule has 1 aromatic carbocycles. The van der Waals surface area contributed by atoms with E-state index < -0.39 is 10.0 Å².